The number of quaternary nitrogens is 8. The quantitative estimate of drug-likeness (QED) is 0.0280. The maximum absolute atomic E-state index is 10.4. The van der Waals surface area contributed by atoms with Crippen LogP contribution in [0.2, 0.25) is 48.4 Å². The van der Waals surface area contributed by atoms with E-state index < -0.39 is 70.4 Å². The fourth-order valence-corrected chi connectivity index (χ4v) is 63.7. The van der Waals surface area contributed by atoms with Crippen LogP contribution in [-0.2, 0) is 49.4 Å². The number of hydrogen-bond acceptors (Lipinski definition) is 20. The van der Waals surface area contributed by atoms with Crippen LogP contribution in [0.15, 0.2) is 0 Å². The molecule has 0 unspecified atom stereocenters. The molecule has 28 nitrogen and oxygen atoms in total. The van der Waals surface area contributed by atoms with Crippen molar-refractivity contribution in [2.24, 2.45) is 0 Å². The minimum Gasteiger partial charge on any atom is -0.391 e. The molecule has 6 rings (SSSR count). The highest BCUT2D eigenvalue weighted by Gasteiger charge is 2.83. The zero-order valence-corrected chi connectivity index (χ0v) is 68.3. The molecule has 0 amide bonds. The van der Waals surface area contributed by atoms with Gasteiger partial charge in [-0.25, -0.2) is 0 Å². The van der Waals surface area contributed by atoms with Crippen LogP contribution in [0.3, 0.4) is 0 Å². The van der Waals surface area contributed by atoms with E-state index in [2.05, 4.69) is 113 Å². The molecule has 0 atom stereocenters. The Bertz CT molecular complexity index is 1720. The molecule has 0 radical (unpaired) electrons. The van der Waals surface area contributed by atoms with Gasteiger partial charge in [-0.15, -0.1) is 0 Å². The van der Waals surface area contributed by atoms with E-state index in [1.165, 1.54) is 0 Å². The number of nitrogens with zero attached hydrogens (tertiary/aromatic N) is 8. The second kappa shape index (κ2) is 34.1. The van der Waals surface area contributed by atoms with E-state index in [1.54, 1.807) is 0 Å². The molecule has 0 saturated carbocycles. The lowest BCUT2D eigenvalue weighted by atomic mass is 10.4. The summed E-state index contributed by atoms with van der Waals surface area (Å²) in [6.45, 7) is 8.86. The van der Waals surface area contributed by atoms with Crippen LogP contribution in [-0.4, -0.2) is 417 Å². The Morgan fingerprint density at radius 1 is 0.163 bits per heavy atom. The van der Waals surface area contributed by atoms with E-state index in [0.29, 0.717) is 192 Å². The largest absolute Gasteiger partial charge is 0.479 e. The van der Waals surface area contributed by atoms with Gasteiger partial charge in [-0.05, 0) is 0 Å². The third kappa shape index (κ3) is 25.6. The predicted molar refractivity (Wildman–Crippen MR) is 366 cm³/mol. The second-order valence-corrected chi connectivity index (χ2v) is 57.1. The van der Waals surface area contributed by atoms with Gasteiger partial charge in [0.25, 0.3) is 0 Å². The van der Waals surface area contributed by atoms with Crippen LogP contribution in [0.4, 0.5) is 0 Å². The molecule has 0 spiro atoms. The zero-order valence-electron chi connectivity index (χ0n) is 60.3. The van der Waals surface area contributed by atoms with Crippen molar-refractivity contribution in [1.29, 1.82) is 0 Å². The lowest BCUT2D eigenvalue weighted by Gasteiger charge is -2.63. The summed E-state index contributed by atoms with van der Waals surface area (Å²) in [7, 11) is -2.36. The number of rotatable bonds is 48. The van der Waals surface area contributed by atoms with E-state index in [4.69, 9.17) is 49.4 Å². The predicted octanol–water partition coefficient (Wildman–Crippen LogP) is -0.565. The first-order valence-electron chi connectivity index (χ1n) is 34.5. The average Bonchev–Trinajstić information content (AvgIpc) is 0.688. The highest BCUT2D eigenvalue weighted by molar-refractivity contribution is 7.03. The Labute approximate surface area is 563 Å². The van der Waals surface area contributed by atoms with Crippen molar-refractivity contribution in [1.82, 2.24) is 0 Å². The van der Waals surface area contributed by atoms with Gasteiger partial charge in [0.05, 0.1) is 218 Å². The van der Waals surface area contributed by atoms with Gasteiger partial charge in [0, 0.05) is 99.7 Å². The fraction of sp³-hybridized carbons (Fsp3) is 1.00. The molecule has 8 N–H and O–H groups in total. The van der Waals surface area contributed by atoms with Crippen molar-refractivity contribution in [3.05, 3.63) is 0 Å². The van der Waals surface area contributed by atoms with Crippen molar-refractivity contribution in [3.63, 3.8) is 0 Å². The number of aliphatic hydroxyl groups is 8. The van der Waals surface area contributed by atoms with Crippen molar-refractivity contribution in [2.75, 3.05) is 270 Å². The van der Waals surface area contributed by atoms with Crippen molar-refractivity contribution in [2.45, 2.75) is 99.7 Å². The Morgan fingerprint density at radius 3 is 0.326 bits per heavy atom. The second-order valence-electron chi connectivity index (χ2n) is 32.4. The first-order chi connectivity index (χ1) is 42.6. The molecular formula is C56H136N8O20Si8+8. The third-order valence-electron chi connectivity index (χ3n) is 19.3. The van der Waals surface area contributed by atoms with E-state index in [-0.39, 0.29) is 101 Å². The normalized spacial score (nSPS) is 30.0. The average molecular weight is 1470 g/mol. The molecule has 0 aromatic rings. The molecule has 6 saturated heterocycles. The van der Waals surface area contributed by atoms with E-state index in [0.717, 1.165) is 0 Å². The minimum absolute atomic E-state index is 0.00766. The number of hydrogen-bond donors (Lipinski definition) is 8. The summed E-state index contributed by atoms with van der Waals surface area (Å²) >= 11 is 0. The SMILES string of the molecule is C[N+](C)(CCO)CCC[Si]12O[Si]3(CCC[N+](C)(C)CCO)O[Si]4(CCC[N+](C)(C)CCO)O[Si](CCC[N+](C)(C)CCO)(O1)O[Si]1(CCC[N+](C)(C)CCO)O[Si](CCC[N+](C)(C)CCO)(O2)O[Si](CCC[N+](C)(C)CCO)(O3)O[Si](CCC[N+](C)(C)CCO)(O4)O1. The van der Waals surface area contributed by atoms with Crippen LogP contribution in [0.25, 0.3) is 0 Å². The van der Waals surface area contributed by atoms with E-state index in [9.17, 15) is 40.9 Å². The Hall–Kier alpha value is 0.615. The van der Waals surface area contributed by atoms with Gasteiger partial charge >= 0.3 is 70.4 Å². The summed E-state index contributed by atoms with van der Waals surface area (Å²) in [5, 5.41) is 83.1. The molecule has 0 aromatic carbocycles. The van der Waals surface area contributed by atoms with E-state index in [1.807, 2.05) is 0 Å². The fourth-order valence-electron chi connectivity index (χ4n) is 13.4. The summed E-state index contributed by atoms with van der Waals surface area (Å²) in [5.41, 5.74) is 0. The molecular weight excluding hydrogens is 1330 g/mol. The van der Waals surface area contributed by atoms with Crippen molar-refractivity contribution >= 4 is 70.4 Å². The number of likely N-dealkylation sites (N-methyl/N-ethyl adjacent to an activating group) is 8. The summed E-state index contributed by atoms with van der Waals surface area (Å²) < 4.78 is 104. The van der Waals surface area contributed by atoms with Gasteiger partial charge in [-0.1, -0.05) is 0 Å². The highest BCUT2D eigenvalue weighted by Crippen LogP contribution is 2.55. The van der Waals surface area contributed by atoms with Crippen LogP contribution >= 0.6 is 0 Å². The molecule has 6 aliphatic heterocycles. The molecule has 0 aromatic heterocycles. The van der Waals surface area contributed by atoms with Crippen molar-refractivity contribution in [3.8, 4) is 0 Å². The maximum atomic E-state index is 10.4. The Kier molecular flexibility index (Phi) is 30.8. The number of aliphatic hydroxyl groups excluding tert-OH is 8. The lowest BCUT2D eigenvalue weighted by Crippen LogP contribution is -2.88. The molecule has 6 aliphatic rings. The Morgan fingerprint density at radius 2 is 0.250 bits per heavy atom. The maximum Gasteiger partial charge on any atom is 0.479 e. The van der Waals surface area contributed by atoms with Gasteiger partial charge in [-0.3, -0.25) is 0 Å². The van der Waals surface area contributed by atoms with Gasteiger partial charge in [0.1, 0.15) is 52.4 Å². The molecule has 0 aliphatic carbocycles. The molecule has 544 valence electrons. The van der Waals surface area contributed by atoms with E-state index >= 15 is 0 Å². The zero-order chi connectivity index (χ0) is 68.8. The monoisotopic (exact) mass is 1460 g/mol. The van der Waals surface area contributed by atoms with Gasteiger partial charge < -0.3 is 126 Å². The standard InChI is InChI=1S/C56H136N8O20Si8/c1-57(2,33-41-65)25-17-49-85-73-86(50-18-26-58(3,4)34-42-66)76-89(53-21-29-61(9,10)37-45-69)78-87(74-85,51-19-27-59(5,6)35-43-67)80-91(55-23-31-63(13,14)39-47-71)81-88(75-85,52-20-28-60(7,8)36-44-68)79-90(77-86,54-22-30-62(11,12)38-46-70)83-92(82-89,84-91)56-24-32-64(15,16)40-48-72/h65-72H,17-56H2,1-16H3/q+8. The molecule has 36 heteroatoms. The van der Waals surface area contributed by atoms with Crippen molar-refractivity contribution < 1.29 is 126 Å². The van der Waals surface area contributed by atoms with Crippen LogP contribution < -0.4 is 0 Å². The third-order valence-corrected chi connectivity index (χ3v) is 56.9. The van der Waals surface area contributed by atoms with Crippen LogP contribution in [0.1, 0.15) is 51.4 Å². The van der Waals surface area contributed by atoms with Crippen LogP contribution in [0.5, 0.6) is 0 Å². The molecule has 6 fully saturated rings. The molecule has 6 heterocycles. The summed E-state index contributed by atoms with van der Waals surface area (Å²) in [5.74, 6) is 0. The topological polar surface area (TPSA) is 273 Å². The molecule has 8 bridgehead atoms. The molecule has 92 heavy (non-hydrogen) atoms. The lowest BCUT2D eigenvalue weighted by molar-refractivity contribution is -0.890. The summed E-state index contributed by atoms with van der Waals surface area (Å²) in [6.07, 6.45) is 4.16. The highest BCUT2D eigenvalue weighted by atomic mass is 28.6. The smallest absolute Gasteiger partial charge is 0.391 e. The van der Waals surface area contributed by atoms with Gasteiger partial charge in [0.15, 0.2) is 0 Å². The first-order valence-corrected chi connectivity index (χ1v) is 49.9. The first kappa shape index (κ1) is 83.3. The Balaban J connectivity index is 2.03. The van der Waals surface area contributed by atoms with Crippen LogP contribution in [0, 0.1) is 0 Å². The summed E-state index contributed by atoms with van der Waals surface area (Å²) in [4.78, 5) is 0. The van der Waals surface area contributed by atoms with Gasteiger partial charge in [-0.2, -0.15) is 0 Å². The minimum atomic E-state index is -4.49. The summed E-state index contributed by atoms with van der Waals surface area (Å²) in [6, 6.07) is 2.02. The van der Waals surface area contributed by atoms with Gasteiger partial charge in [0.2, 0.25) is 0 Å².